The van der Waals surface area contributed by atoms with Crippen LogP contribution in [0.15, 0.2) is 0 Å². The van der Waals surface area contributed by atoms with Crippen molar-refractivity contribution >= 4 is 15.9 Å². The van der Waals surface area contributed by atoms with Crippen molar-refractivity contribution in [1.29, 1.82) is 0 Å². The van der Waals surface area contributed by atoms with Gasteiger partial charge in [0, 0.05) is 26.1 Å². The van der Waals surface area contributed by atoms with Crippen LogP contribution in [0.25, 0.3) is 0 Å². The van der Waals surface area contributed by atoms with Crippen LogP contribution < -0.4 is 0 Å². The molecule has 0 N–H and O–H groups in total. The lowest BCUT2D eigenvalue weighted by atomic mass is 9.97. The van der Waals surface area contributed by atoms with Gasteiger partial charge in [-0.3, -0.25) is 9.63 Å². The van der Waals surface area contributed by atoms with E-state index >= 15 is 0 Å². The molecular formula is C10H20N2O4S. The highest BCUT2D eigenvalue weighted by Gasteiger charge is 2.31. The average Bonchev–Trinajstić information content (AvgIpc) is 2.37. The lowest BCUT2D eigenvalue weighted by molar-refractivity contribution is -0.174. The van der Waals surface area contributed by atoms with E-state index in [-0.39, 0.29) is 17.6 Å². The van der Waals surface area contributed by atoms with Crippen LogP contribution in [0.2, 0.25) is 0 Å². The van der Waals surface area contributed by atoms with Crippen molar-refractivity contribution < 1.29 is 18.0 Å². The van der Waals surface area contributed by atoms with Gasteiger partial charge in [-0.1, -0.05) is 0 Å². The maximum absolute atomic E-state index is 11.8. The zero-order valence-corrected chi connectivity index (χ0v) is 11.4. The predicted molar refractivity (Wildman–Crippen MR) is 63.5 cm³/mol. The summed E-state index contributed by atoms with van der Waals surface area (Å²) >= 11 is 0. The summed E-state index contributed by atoms with van der Waals surface area (Å²) in [5.41, 5.74) is 0. The fraction of sp³-hybridized carbons (Fsp3) is 0.900. The average molecular weight is 264 g/mol. The van der Waals surface area contributed by atoms with Gasteiger partial charge in [-0.2, -0.15) is 0 Å². The number of piperidine rings is 1. The summed E-state index contributed by atoms with van der Waals surface area (Å²) in [6.45, 7) is 2.47. The van der Waals surface area contributed by atoms with E-state index in [4.69, 9.17) is 4.84 Å². The smallest absolute Gasteiger partial charge is 0.249 e. The highest BCUT2D eigenvalue weighted by atomic mass is 32.2. The van der Waals surface area contributed by atoms with Gasteiger partial charge in [-0.25, -0.2) is 17.8 Å². The highest BCUT2D eigenvalue weighted by molar-refractivity contribution is 7.89. The molecule has 0 aromatic heterocycles. The fourth-order valence-corrected chi connectivity index (χ4v) is 3.04. The van der Waals surface area contributed by atoms with E-state index in [0.29, 0.717) is 25.9 Å². The van der Waals surface area contributed by atoms with E-state index in [2.05, 4.69) is 0 Å². The number of hydroxylamine groups is 2. The molecule has 7 heteroatoms. The molecule has 1 rings (SSSR count). The Kier molecular flexibility index (Phi) is 4.91. The van der Waals surface area contributed by atoms with Crippen LogP contribution >= 0.6 is 0 Å². The van der Waals surface area contributed by atoms with E-state index in [1.807, 2.05) is 0 Å². The molecular weight excluding hydrogens is 244 g/mol. The van der Waals surface area contributed by atoms with Gasteiger partial charge in [0.25, 0.3) is 0 Å². The maximum Gasteiger partial charge on any atom is 0.249 e. The molecule has 0 radical (unpaired) electrons. The van der Waals surface area contributed by atoms with E-state index in [1.165, 1.54) is 16.5 Å². The lowest BCUT2D eigenvalue weighted by Crippen LogP contribution is -2.43. The molecule has 1 saturated heterocycles. The number of hydrogen-bond acceptors (Lipinski definition) is 4. The van der Waals surface area contributed by atoms with Crippen molar-refractivity contribution in [3.8, 4) is 0 Å². The van der Waals surface area contributed by atoms with Crippen molar-refractivity contribution in [3.05, 3.63) is 0 Å². The second kappa shape index (κ2) is 5.79. The van der Waals surface area contributed by atoms with Crippen LogP contribution in [0.5, 0.6) is 0 Å². The molecule has 1 aliphatic heterocycles. The van der Waals surface area contributed by atoms with Gasteiger partial charge in [0.2, 0.25) is 15.9 Å². The summed E-state index contributed by atoms with van der Waals surface area (Å²) in [5.74, 6) is -0.104. The van der Waals surface area contributed by atoms with Crippen LogP contribution in [-0.4, -0.2) is 56.7 Å². The minimum absolute atomic E-state index is 0.0824. The summed E-state index contributed by atoms with van der Waals surface area (Å²) in [7, 11) is -0.113. The van der Waals surface area contributed by atoms with Crippen LogP contribution in [0, 0.1) is 5.92 Å². The van der Waals surface area contributed by atoms with Gasteiger partial charge in [-0.15, -0.1) is 0 Å². The molecule has 0 aromatic rings. The zero-order chi connectivity index (χ0) is 13.1. The first-order chi connectivity index (χ1) is 7.92. The lowest BCUT2D eigenvalue weighted by Gasteiger charge is -2.31. The second-order valence-corrected chi connectivity index (χ2v) is 6.35. The van der Waals surface area contributed by atoms with Gasteiger partial charge < -0.3 is 0 Å². The SMILES string of the molecule is CCS(=O)(=O)N1CCC(C(=O)N(C)OC)CC1. The van der Waals surface area contributed by atoms with Gasteiger partial charge >= 0.3 is 0 Å². The molecule has 0 spiro atoms. The van der Waals surface area contributed by atoms with Crippen LogP contribution in [0.3, 0.4) is 0 Å². The number of hydrogen-bond donors (Lipinski definition) is 0. The minimum atomic E-state index is -3.12. The zero-order valence-electron chi connectivity index (χ0n) is 10.5. The molecule has 6 nitrogen and oxygen atoms in total. The van der Waals surface area contributed by atoms with Crippen molar-refractivity contribution in [1.82, 2.24) is 9.37 Å². The first-order valence-corrected chi connectivity index (χ1v) is 7.32. The van der Waals surface area contributed by atoms with Gasteiger partial charge in [0.15, 0.2) is 0 Å². The highest BCUT2D eigenvalue weighted by Crippen LogP contribution is 2.21. The van der Waals surface area contributed by atoms with Crippen molar-refractivity contribution in [2.45, 2.75) is 19.8 Å². The summed E-state index contributed by atoms with van der Waals surface area (Å²) in [6.07, 6.45) is 1.12. The molecule has 0 atom stereocenters. The largest absolute Gasteiger partial charge is 0.275 e. The molecule has 0 saturated carbocycles. The number of nitrogens with zero attached hydrogens (tertiary/aromatic N) is 2. The van der Waals surface area contributed by atoms with E-state index in [0.717, 1.165) is 0 Å². The number of carbonyl (C=O) groups excluding carboxylic acids is 1. The van der Waals surface area contributed by atoms with Crippen LogP contribution in [0.4, 0.5) is 0 Å². The summed E-state index contributed by atoms with van der Waals surface area (Å²) < 4.78 is 24.7. The maximum atomic E-state index is 11.8. The Balaban J connectivity index is 2.54. The Labute approximate surface area is 103 Å². The third-order valence-corrected chi connectivity index (χ3v) is 5.03. The van der Waals surface area contributed by atoms with Gasteiger partial charge in [0.05, 0.1) is 12.9 Å². The molecule has 0 unspecified atom stereocenters. The quantitative estimate of drug-likeness (QED) is 0.674. The second-order valence-electron chi connectivity index (χ2n) is 4.09. The Morgan fingerprint density at radius 2 is 1.94 bits per heavy atom. The van der Waals surface area contributed by atoms with Crippen molar-refractivity contribution in [2.24, 2.45) is 5.92 Å². The standard InChI is InChI=1S/C10H20N2O4S/c1-4-17(14,15)12-7-5-9(6-8-12)10(13)11(2)16-3/h9H,4-8H2,1-3H3. The van der Waals surface area contributed by atoms with Crippen LogP contribution in [0.1, 0.15) is 19.8 Å². The fourth-order valence-electron chi connectivity index (χ4n) is 1.91. The molecule has 17 heavy (non-hydrogen) atoms. The van der Waals surface area contributed by atoms with E-state index in [1.54, 1.807) is 14.0 Å². The predicted octanol–water partition coefficient (Wildman–Crippen LogP) is 0.0679. The monoisotopic (exact) mass is 264 g/mol. The van der Waals surface area contributed by atoms with E-state index < -0.39 is 10.0 Å². The van der Waals surface area contributed by atoms with Crippen molar-refractivity contribution in [3.63, 3.8) is 0 Å². The van der Waals surface area contributed by atoms with Crippen molar-refractivity contribution in [2.75, 3.05) is 33.0 Å². The number of carbonyl (C=O) groups is 1. The Hall–Kier alpha value is -0.660. The van der Waals surface area contributed by atoms with Gasteiger partial charge in [-0.05, 0) is 19.8 Å². The topological polar surface area (TPSA) is 66.9 Å². The number of rotatable bonds is 4. The molecule has 1 amide bonds. The molecule has 1 heterocycles. The summed E-state index contributed by atoms with van der Waals surface area (Å²) in [4.78, 5) is 16.6. The van der Waals surface area contributed by atoms with Gasteiger partial charge in [0.1, 0.15) is 0 Å². The van der Waals surface area contributed by atoms with Crippen LogP contribution in [-0.2, 0) is 19.7 Å². The molecule has 1 fully saturated rings. The Morgan fingerprint density at radius 3 is 2.35 bits per heavy atom. The first-order valence-electron chi connectivity index (χ1n) is 5.72. The minimum Gasteiger partial charge on any atom is -0.275 e. The Morgan fingerprint density at radius 1 is 1.41 bits per heavy atom. The van der Waals surface area contributed by atoms with E-state index in [9.17, 15) is 13.2 Å². The molecule has 0 bridgehead atoms. The third kappa shape index (κ3) is 3.40. The molecule has 1 aliphatic rings. The number of amides is 1. The molecule has 0 aliphatic carbocycles. The third-order valence-electron chi connectivity index (χ3n) is 3.15. The Bertz CT molecular complexity index is 361. The summed E-state index contributed by atoms with van der Waals surface area (Å²) in [6, 6.07) is 0. The normalized spacial score (nSPS) is 19.2. The molecule has 0 aromatic carbocycles. The number of sulfonamides is 1. The summed E-state index contributed by atoms with van der Waals surface area (Å²) in [5, 5.41) is 1.20. The first kappa shape index (κ1) is 14.4. The molecule has 100 valence electrons.